The molecule has 0 aliphatic heterocycles. The molecule has 0 aromatic carbocycles. The number of allylic oxidation sites excluding steroid dienone is 15. The Balaban J connectivity index is 4.15. The van der Waals surface area contributed by atoms with Gasteiger partial charge in [0.15, 0.2) is 0 Å². The summed E-state index contributed by atoms with van der Waals surface area (Å²) in [6, 6.07) is -0.874. The van der Waals surface area contributed by atoms with Crippen molar-refractivity contribution in [2.75, 3.05) is 40.9 Å². The van der Waals surface area contributed by atoms with E-state index >= 15 is 0 Å². The molecule has 0 aromatic rings. The number of rotatable bonds is 55. The number of hydrogen-bond acceptors (Lipinski definition) is 5. The highest BCUT2D eigenvalue weighted by molar-refractivity contribution is 7.47. The van der Waals surface area contributed by atoms with Crippen LogP contribution in [0, 0.1) is 0 Å². The van der Waals surface area contributed by atoms with Gasteiger partial charge in [-0.15, -0.1) is 0 Å². The predicted molar refractivity (Wildman–Crippen MR) is 322 cm³/mol. The van der Waals surface area contributed by atoms with E-state index in [9.17, 15) is 19.4 Å². The second kappa shape index (κ2) is 55.2. The first-order valence-electron chi connectivity index (χ1n) is 30.6. The van der Waals surface area contributed by atoms with Gasteiger partial charge in [-0.05, 0) is 89.9 Å². The summed E-state index contributed by atoms with van der Waals surface area (Å²) in [4.78, 5) is 23.3. The molecule has 0 fully saturated rings. The third kappa shape index (κ3) is 57.1. The minimum absolute atomic E-state index is 0.0508. The van der Waals surface area contributed by atoms with Gasteiger partial charge in [0.05, 0.1) is 39.9 Å². The van der Waals surface area contributed by atoms with Crippen LogP contribution in [0.3, 0.4) is 0 Å². The third-order valence-electron chi connectivity index (χ3n) is 13.3. The van der Waals surface area contributed by atoms with Crippen molar-refractivity contribution in [1.29, 1.82) is 0 Å². The Morgan fingerprint density at radius 2 is 0.824 bits per heavy atom. The van der Waals surface area contributed by atoms with Gasteiger partial charge in [0.25, 0.3) is 0 Å². The van der Waals surface area contributed by atoms with E-state index in [2.05, 4.69) is 104 Å². The number of likely N-dealkylation sites (N-methyl/N-ethyl adjacent to an activating group) is 1. The van der Waals surface area contributed by atoms with Gasteiger partial charge >= 0.3 is 7.82 Å². The van der Waals surface area contributed by atoms with Crippen molar-refractivity contribution in [2.24, 2.45) is 0 Å². The fourth-order valence-electron chi connectivity index (χ4n) is 8.51. The van der Waals surface area contributed by atoms with Crippen LogP contribution in [0.1, 0.15) is 258 Å². The molecule has 428 valence electrons. The summed E-state index contributed by atoms with van der Waals surface area (Å²) < 4.78 is 23.7. The van der Waals surface area contributed by atoms with Crippen LogP contribution >= 0.6 is 7.82 Å². The molecule has 1 amide bonds. The summed E-state index contributed by atoms with van der Waals surface area (Å²) in [6.45, 7) is 4.68. The second-order valence-corrected chi connectivity index (χ2v) is 23.1. The molecule has 0 aliphatic rings. The average molecular weight is 1050 g/mol. The van der Waals surface area contributed by atoms with E-state index < -0.39 is 20.0 Å². The maximum absolute atomic E-state index is 13.0. The van der Waals surface area contributed by atoms with Crippen molar-refractivity contribution < 1.29 is 32.9 Å². The van der Waals surface area contributed by atoms with Crippen LogP contribution in [0.15, 0.2) is 97.2 Å². The van der Waals surface area contributed by atoms with Gasteiger partial charge in [-0.1, -0.05) is 259 Å². The molecule has 0 spiro atoms. The first-order chi connectivity index (χ1) is 36.0. The number of nitrogens with zero attached hydrogens (tertiary/aromatic N) is 1. The Bertz CT molecular complexity index is 1520. The van der Waals surface area contributed by atoms with E-state index in [4.69, 9.17) is 9.05 Å². The third-order valence-corrected chi connectivity index (χ3v) is 14.2. The van der Waals surface area contributed by atoms with E-state index in [0.29, 0.717) is 17.4 Å². The van der Waals surface area contributed by atoms with Crippen LogP contribution in [-0.2, 0) is 18.4 Å². The van der Waals surface area contributed by atoms with Crippen LogP contribution in [0.25, 0.3) is 0 Å². The Kier molecular flexibility index (Phi) is 53.3. The molecule has 0 radical (unpaired) electrons. The summed E-state index contributed by atoms with van der Waals surface area (Å²) in [7, 11) is 1.54. The molecule has 0 heterocycles. The van der Waals surface area contributed by atoms with Crippen LogP contribution in [-0.4, -0.2) is 73.4 Å². The molecule has 8 nitrogen and oxygen atoms in total. The second-order valence-electron chi connectivity index (χ2n) is 21.7. The summed E-state index contributed by atoms with van der Waals surface area (Å²) in [5.74, 6) is -0.192. The molecular formula is C65H118N2O6P+. The maximum atomic E-state index is 13.0. The van der Waals surface area contributed by atoms with E-state index in [1.165, 1.54) is 161 Å². The van der Waals surface area contributed by atoms with Crippen molar-refractivity contribution in [3.05, 3.63) is 97.2 Å². The fraction of sp³-hybridized carbons (Fsp3) is 0.738. The number of quaternary nitrogens is 1. The van der Waals surface area contributed by atoms with Crippen molar-refractivity contribution in [2.45, 2.75) is 270 Å². The summed E-state index contributed by atoms with van der Waals surface area (Å²) in [6.07, 6.45) is 79.5. The van der Waals surface area contributed by atoms with E-state index in [0.717, 1.165) is 77.0 Å². The quantitative estimate of drug-likeness (QED) is 0.0243. The lowest BCUT2D eigenvalue weighted by Crippen LogP contribution is -2.45. The van der Waals surface area contributed by atoms with Crippen LogP contribution in [0.4, 0.5) is 0 Å². The molecule has 3 unspecified atom stereocenters. The number of nitrogens with one attached hydrogen (secondary N) is 1. The minimum Gasteiger partial charge on any atom is -0.387 e. The highest BCUT2D eigenvalue weighted by Crippen LogP contribution is 2.43. The van der Waals surface area contributed by atoms with Crippen molar-refractivity contribution in [3.63, 3.8) is 0 Å². The van der Waals surface area contributed by atoms with E-state index in [-0.39, 0.29) is 19.1 Å². The molecule has 0 saturated carbocycles. The lowest BCUT2D eigenvalue weighted by molar-refractivity contribution is -0.870. The number of phosphoric ester groups is 1. The first-order valence-corrected chi connectivity index (χ1v) is 32.1. The van der Waals surface area contributed by atoms with E-state index in [1.54, 1.807) is 6.08 Å². The normalized spacial score (nSPS) is 14.5. The Hall–Kier alpha value is -2.58. The van der Waals surface area contributed by atoms with Gasteiger partial charge < -0.3 is 19.8 Å². The lowest BCUT2D eigenvalue weighted by Gasteiger charge is -2.25. The van der Waals surface area contributed by atoms with Crippen LogP contribution < -0.4 is 5.32 Å². The Labute approximate surface area is 458 Å². The van der Waals surface area contributed by atoms with Crippen molar-refractivity contribution >= 4 is 13.7 Å². The molecular weight excluding hydrogens is 936 g/mol. The first kappa shape index (κ1) is 71.4. The van der Waals surface area contributed by atoms with Crippen molar-refractivity contribution in [3.8, 4) is 0 Å². The molecule has 74 heavy (non-hydrogen) atoms. The standard InChI is InChI=1S/C65H117N2O6P/c1-6-8-10-12-14-16-18-20-22-24-26-27-28-29-30-31-32-33-34-35-36-37-38-39-41-43-45-47-49-51-53-55-57-59-65(69)66-63(62-73-74(70,71)72-61-60-67(3,4)5)64(68)58-56-54-52-50-48-46-44-42-40-25-23-21-19-17-15-13-11-9-7-2/h8,10,14,16,20,22,26-27,29-30,40,42,48,50,56,58,63-64,68H,6-7,9,11-13,15,17-19,21,23-25,28,31-39,41,43-47,49,51-55,57,59-62H2,1-5H3,(H-,66,69,70,71)/p+1/b10-8-,16-14-,22-20-,27-26-,30-29-,42-40+,50-48+,58-56+. The molecule has 3 atom stereocenters. The molecule has 9 heteroatoms. The topological polar surface area (TPSA) is 105 Å². The number of phosphoric acid groups is 1. The van der Waals surface area contributed by atoms with Crippen molar-refractivity contribution in [1.82, 2.24) is 5.32 Å². The summed E-state index contributed by atoms with van der Waals surface area (Å²) in [5, 5.41) is 13.9. The largest absolute Gasteiger partial charge is 0.472 e. The van der Waals surface area contributed by atoms with Gasteiger partial charge in [-0.25, -0.2) is 4.57 Å². The SMILES string of the molecule is CC/C=C\C/C=C\C/C=C\C/C=C\C/C=C\CCCCCCCCCCCCCCCCCCCC(=O)NC(COP(=O)(O)OCC[N+](C)(C)C)C(O)/C=C/CC/C=C/CC/C=C/CCCCCCCCCCC. The summed E-state index contributed by atoms with van der Waals surface area (Å²) in [5.41, 5.74) is 0. The zero-order valence-electron chi connectivity index (χ0n) is 48.8. The smallest absolute Gasteiger partial charge is 0.387 e. The molecule has 0 bridgehead atoms. The summed E-state index contributed by atoms with van der Waals surface area (Å²) >= 11 is 0. The highest BCUT2D eigenvalue weighted by Gasteiger charge is 2.27. The molecule has 0 aromatic heterocycles. The number of aliphatic hydroxyl groups is 1. The zero-order chi connectivity index (χ0) is 54.2. The Morgan fingerprint density at radius 1 is 0.473 bits per heavy atom. The monoisotopic (exact) mass is 1050 g/mol. The van der Waals surface area contributed by atoms with Crippen LogP contribution in [0.2, 0.25) is 0 Å². The molecule has 0 rings (SSSR count). The molecule has 0 saturated heterocycles. The zero-order valence-corrected chi connectivity index (χ0v) is 49.7. The van der Waals surface area contributed by atoms with Gasteiger partial charge in [0, 0.05) is 6.42 Å². The number of amides is 1. The number of carbonyl (C=O) groups is 1. The minimum atomic E-state index is -4.36. The average Bonchev–Trinajstić information content (AvgIpc) is 3.36. The number of aliphatic hydroxyl groups excluding tert-OH is 1. The van der Waals surface area contributed by atoms with Gasteiger partial charge in [0.2, 0.25) is 5.91 Å². The highest BCUT2D eigenvalue weighted by atomic mass is 31.2. The Morgan fingerprint density at radius 3 is 1.24 bits per heavy atom. The maximum Gasteiger partial charge on any atom is 0.472 e. The number of unbranched alkanes of at least 4 members (excludes halogenated alkanes) is 28. The van der Waals surface area contributed by atoms with Gasteiger partial charge in [-0.2, -0.15) is 0 Å². The number of carbonyl (C=O) groups excluding carboxylic acids is 1. The predicted octanol–water partition coefficient (Wildman–Crippen LogP) is 19.0. The van der Waals surface area contributed by atoms with Gasteiger partial charge in [0.1, 0.15) is 13.2 Å². The molecule has 3 N–H and O–H groups in total. The van der Waals surface area contributed by atoms with Gasteiger partial charge in [-0.3, -0.25) is 13.8 Å². The van der Waals surface area contributed by atoms with Crippen LogP contribution in [0.5, 0.6) is 0 Å². The van der Waals surface area contributed by atoms with E-state index in [1.807, 2.05) is 27.2 Å². The lowest BCUT2D eigenvalue weighted by atomic mass is 10.0. The fourth-order valence-corrected chi connectivity index (χ4v) is 9.25. The number of hydrogen-bond donors (Lipinski definition) is 3. The molecule has 0 aliphatic carbocycles.